The number of ether oxygens (including phenoxy) is 1. The molecule has 0 saturated heterocycles. The van der Waals surface area contributed by atoms with Gasteiger partial charge in [0.15, 0.2) is 5.06 Å². The maximum Gasteiger partial charge on any atom is 0.173 e. The van der Waals surface area contributed by atoms with Gasteiger partial charge in [0.2, 0.25) is 0 Å². The minimum absolute atomic E-state index is 0.149. The van der Waals surface area contributed by atoms with E-state index in [4.69, 9.17) is 9.84 Å². The maximum atomic E-state index is 8.95. The van der Waals surface area contributed by atoms with Gasteiger partial charge in [-0.1, -0.05) is 13.8 Å². The highest BCUT2D eigenvalue weighted by atomic mass is 32.1. The lowest BCUT2D eigenvalue weighted by Gasteiger charge is -2.20. The monoisotopic (exact) mass is 186 g/mol. The Hall–Kier alpha value is -0.540. The standard InChI is InChI=1S/C9H14O2S/c1-9(2,6-10)7-11-8-4-3-5-12-8/h3-5,10H,6-7H2,1-2H3. The molecule has 2 nitrogen and oxygen atoms in total. The molecule has 0 aliphatic rings. The molecule has 1 heterocycles. The fourth-order valence-electron chi connectivity index (χ4n) is 0.658. The average Bonchev–Trinajstić information content (AvgIpc) is 2.53. The Morgan fingerprint density at radius 3 is 2.83 bits per heavy atom. The Kier molecular flexibility index (Phi) is 3.12. The highest BCUT2D eigenvalue weighted by Gasteiger charge is 2.17. The summed E-state index contributed by atoms with van der Waals surface area (Å²) in [5.41, 5.74) is -0.149. The van der Waals surface area contributed by atoms with Gasteiger partial charge in [-0.15, -0.1) is 11.3 Å². The molecule has 0 aromatic carbocycles. The molecule has 0 spiro atoms. The lowest BCUT2D eigenvalue weighted by atomic mass is 9.97. The molecule has 0 saturated carbocycles. The Morgan fingerprint density at radius 1 is 1.58 bits per heavy atom. The number of aliphatic hydroxyl groups excluding tert-OH is 1. The Balaban J connectivity index is 2.36. The molecule has 1 aromatic rings. The van der Waals surface area contributed by atoms with Gasteiger partial charge in [0.05, 0.1) is 13.2 Å². The molecule has 12 heavy (non-hydrogen) atoms. The third kappa shape index (κ3) is 2.83. The zero-order valence-electron chi connectivity index (χ0n) is 7.41. The molecule has 0 unspecified atom stereocenters. The van der Waals surface area contributed by atoms with Gasteiger partial charge in [-0.3, -0.25) is 0 Å². The van der Waals surface area contributed by atoms with Crippen molar-refractivity contribution >= 4 is 11.3 Å². The second kappa shape index (κ2) is 3.92. The van der Waals surface area contributed by atoms with E-state index < -0.39 is 0 Å². The van der Waals surface area contributed by atoms with E-state index in [1.807, 2.05) is 31.4 Å². The van der Waals surface area contributed by atoms with Crippen LogP contribution < -0.4 is 4.74 Å². The molecule has 1 aromatic heterocycles. The number of aliphatic hydroxyl groups is 1. The van der Waals surface area contributed by atoms with Crippen LogP contribution >= 0.6 is 11.3 Å². The second-order valence-electron chi connectivity index (χ2n) is 3.54. The molecule has 1 rings (SSSR count). The lowest BCUT2D eigenvalue weighted by Crippen LogP contribution is -2.25. The summed E-state index contributed by atoms with van der Waals surface area (Å²) < 4.78 is 5.46. The molecule has 0 fully saturated rings. The van der Waals surface area contributed by atoms with Crippen LogP contribution in [-0.4, -0.2) is 18.3 Å². The van der Waals surface area contributed by atoms with Crippen LogP contribution in [0.5, 0.6) is 5.06 Å². The van der Waals surface area contributed by atoms with Crippen molar-refractivity contribution in [3.8, 4) is 5.06 Å². The van der Waals surface area contributed by atoms with Crippen molar-refractivity contribution in [2.45, 2.75) is 13.8 Å². The third-order valence-electron chi connectivity index (χ3n) is 1.53. The Morgan fingerprint density at radius 2 is 2.33 bits per heavy atom. The first-order chi connectivity index (χ1) is 5.64. The zero-order valence-corrected chi connectivity index (χ0v) is 8.23. The fraction of sp³-hybridized carbons (Fsp3) is 0.556. The molecule has 1 N–H and O–H groups in total. The minimum Gasteiger partial charge on any atom is -0.483 e. The average molecular weight is 186 g/mol. The number of thiophene rings is 1. The quantitative estimate of drug-likeness (QED) is 0.780. The summed E-state index contributed by atoms with van der Waals surface area (Å²) in [7, 11) is 0. The van der Waals surface area contributed by atoms with Crippen molar-refractivity contribution < 1.29 is 9.84 Å². The van der Waals surface area contributed by atoms with Gasteiger partial charge >= 0.3 is 0 Å². The molecule has 0 aliphatic carbocycles. The van der Waals surface area contributed by atoms with E-state index in [2.05, 4.69) is 0 Å². The van der Waals surface area contributed by atoms with E-state index in [0.717, 1.165) is 5.06 Å². The molecular weight excluding hydrogens is 172 g/mol. The normalized spacial score (nSPS) is 11.6. The van der Waals surface area contributed by atoms with E-state index in [9.17, 15) is 0 Å². The first-order valence-electron chi connectivity index (χ1n) is 3.91. The van der Waals surface area contributed by atoms with Gasteiger partial charge in [0, 0.05) is 5.41 Å². The summed E-state index contributed by atoms with van der Waals surface area (Å²) >= 11 is 1.57. The SMILES string of the molecule is CC(C)(CO)COc1cccs1. The number of rotatable bonds is 4. The lowest BCUT2D eigenvalue weighted by molar-refractivity contribution is 0.0995. The Bertz CT molecular complexity index is 216. The van der Waals surface area contributed by atoms with Crippen LogP contribution in [0.1, 0.15) is 13.8 Å². The van der Waals surface area contributed by atoms with E-state index in [-0.39, 0.29) is 12.0 Å². The van der Waals surface area contributed by atoms with Gasteiger partial charge < -0.3 is 9.84 Å². The molecule has 3 heteroatoms. The number of hydrogen-bond acceptors (Lipinski definition) is 3. The fourth-order valence-corrected chi connectivity index (χ4v) is 1.23. The molecule has 68 valence electrons. The van der Waals surface area contributed by atoms with Crippen LogP contribution in [0.25, 0.3) is 0 Å². The smallest absolute Gasteiger partial charge is 0.173 e. The molecule has 0 atom stereocenters. The molecule has 0 amide bonds. The largest absolute Gasteiger partial charge is 0.483 e. The molecule has 0 radical (unpaired) electrons. The van der Waals surface area contributed by atoms with Gasteiger partial charge in [-0.05, 0) is 17.5 Å². The summed E-state index contributed by atoms with van der Waals surface area (Å²) in [4.78, 5) is 0. The predicted molar refractivity (Wildman–Crippen MR) is 50.7 cm³/mol. The summed E-state index contributed by atoms with van der Waals surface area (Å²) in [5.74, 6) is 0. The van der Waals surface area contributed by atoms with E-state index >= 15 is 0 Å². The Labute approximate surface area is 76.8 Å². The summed E-state index contributed by atoms with van der Waals surface area (Å²) in [6.45, 7) is 4.66. The maximum absolute atomic E-state index is 8.95. The van der Waals surface area contributed by atoms with Crippen LogP contribution in [0.4, 0.5) is 0 Å². The van der Waals surface area contributed by atoms with E-state index in [0.29, 0.717) is 6.61 Å². The summed E-state index contributed by atoms with van der Waals surface area (Å²) in [6.07, 6.45) is 0. The van der Waals surface area contributed by atoms with Crippen molar-refractivity contribution in [2.24, 2.45) is 5.41 Å². The molecule has 0 bridgehead atoms. The van der Waals surface area contributed by atoms with Crippen molar-refractivity contribution in [3.05, 3.63) is 17.5 Å². The highest BCUT2D eigenvalue weighted by molar-refractivity contribution is 7.11. The number of hydrogen-bond donors (Lipinski definition) is 1. The van der Waals surface area contributed by atoms with Crippen LogP contribution in [0, 0.1) is 5.41 Å². The van der Waals surface area contributed by atoms with Crippen LogP contribution in [0.15, 0.2) is 17.5 Å². The van der Waals surface area contributed by atoms with Gasteiger partial charge in [0.1, 0.15) is 0 Å². The van der Waals surface area contributed by atoms with Crippen LogP contribution in [-0.2, 0) is 0 Å². The van der Waals surface area contributed by atoms with Gasteiger partial charge in [-0.2, -0.15) is 0 Å². The van der Waals surface area contributed by atoms with E-state index in [1.165, 1.54) is 0 Å². The highest BCUT2D eigenvalue weighted by Crippen LogP contribution is 2.22. The topological polar surface area (TPSA) is 29.5 Å². The van der Waals surface area contributed by atoms with Crippen molar-refractivity contribution in [1.29, 1.82) is 0 Å². The van der Waals surface area contributed by atoms with Crippen LogP contribution in [0.3, 0.4) is 0 Å². The summed E-state index contributed by atoms with van der Waals surface area (Å²) in [6, 6.07) is 3.88. The van der Waals surface area contributed by atoms with Gasteiger partial charge in [-0.25, -0.2) is 0 Å². The molecule has 0 aliphatic heterocycles. The zero-order chi connectivity index (χ0) is 9.03. The second-order valence-corrected chi connectivity index (χ2v) is 4.45. The first kappa shape index (κ1) is 9.55. The van der Waals surface area contributed by atoms with E-state index in [1.54, 1.807) is 11.3 Å². The van der Waals surface area contributed by atoms with Gasteiger partial charge in [0.25, 0.3) is 0 Å². The van der Waals surface area contributed by atoms with Crippen molar-refractivity contribution in [2.75, 3.05) is 13.2 Å². The summed E-state index contributed by atoms with van der Waals surface area (Å²) in [5, 5.41) is 11.8. The van der Waals surface area contributed by atoms with Crippen molar-refractivity contribution in [3.63, 3.8) is 0 Å². The first-order valence-corrected chi connectivity index (χ1v) is 4.79. The van der Waals surface area contributed by atoms with Crippen LogP contribution in [0.2, 0.25) is 0 Å². The minimum atomic E-state index is -0.149. The van der Waals surface area contributed by atoms with Crippen molar-refractivity contribution in [1.82, 2.24) is 0 Å². The predicted octanol–water partition coefficient (Wildman–Crippen LogP) is 2.15. The molecular formula is C9H14O2S. The third-order valence-corrected chi connectivity index (χ3v) is 2.31.